The van der Waals surface area contributed by atoms with Crippen LogP contribution in [-0.2, 0) is 11.3 Å². The van der Waals surface area contributed by atoms with Gasteiger partial charge in [-0.05, 0) is 25.0 Å². The number of para-hydroxylation sites is 2. The van der Waals surface area contributed by atoms with Crippen LogP contribution < -0.4 is 11.2 Å². The first kappa shape index (κ1) is 16.8. The summed E-state index contributed by atoms with van der Waals surface area (Å²) in [4.78, 5) is 46.4. The second-order valence-corrected chi connectivity index (χ2v) is 5.85. The Labute approximate surface area is 142 Å². The largest absolute Gasteiger partial charge is 0.481 e. The smallest absolute Gasteiger partial charge is 0.330 e. The highest BCUT2D eigenvalue weighted by atomic mass is 16.4. The van der Waals surface area contributed by atoms with Gasteiger partial charge < -0.3 is 5.11 Å². The van der Waals surface area contributed by atoms with Gasteiger partial charge in [-0.2, -0.15) is 0 Å². The number of hydrogen-bond acceptors (Lipinski definition) is 5. The first-order valence-electron chi connectivity index (χ1n) is 8.17. The van der Waals surface area contributed by atoms with Crippen molar-refractivity contribution in [2.75, 3.05) is 0 Å². The van der Waals surface area contributed by atoms with Crippen molar-refractivity contribution in [3.05, 3.63) is 45.1 Å². The predicted molar refractivity (Wildman–Crippen MR) is 92.6 cm³/mol. The molecule has 8 nitrogen and oxygen atoms in total. The summed E-state index contributed by atoms with van der Waals surface area (Å²) >= 11 is 0. The van der Waals surface area contributed by atoms with Crippen LogP contribution in [0.25, 0.3) is 22.2 Å². The monoisotopic (exact) mass is 342 g/mol. The number of rotatable bonds is 7. The molecule has 0 saturated carbocycles. The van der Waals surface area contributed by atoms with Crippen LogP contribution in [0.5, 0.6) is 0 Å². The number of H-pyrrole nitrogens is 1. The Bertz CT molecular complexity index is 1040. The normalized spacial score (nSPS) is 11.2. The summed E-state index contributed by atoms with van der Waals surface area (Å²) in [5, 5.41) is 8.59. The summed E-state index contributed by atoms with van der Waals surface area (Å²) in [5.41, 5.74) is 0.575. The van der Waals surface area contributed by atoms with E-state index < -0.39 is 17.2 Å². The summed E-state index contributed by atoms with van der Waals surface area (Å²) in [7, 11) is 0. The standard InChI is InChI=1S/C17H18N4O4/c22-13(23)9-3-1-2-6-10-21-16(24)14-15(20-17(21)25)19-12-8-5-4-7-11(12)18-14/h4-5,7-8H,1-3,6,9-10H2,(H,22,23)(H,19,20,25). The highest BCUT2D eigenvalue weighted by Crippen LogP contribution is 2.11. The second-order valence-electron chi connectivity index (χ2n) is 5.85. The molecule has 0 saturated heterocycles. The van der Waals surface area contributed by atoms with Crippen LogP contribution in [0.15, 0.2) is 33.9 Å². The van der Waals surface area contributed by atoms with E-state index in [4.69, 9.17) is 5.11 Å². The molecule has 0 radical (unpaired) electrons. The molecular formula is C17H18N4O4. The number of unbranched alkanes of at least 4 members (excludes halogenated alkanes) is 3. The molecule has 3 rings (SSSR count). The molecule has 0 atom stereocenters. The van der Waals surface area contributed by atoms with Crippen molar-refractivity contribution >= 4 is 28.2 Å². The molecule has 8 heteroatoms. The summed E-state index contributed by atoms with van der Waals surface area (Å²) in [6, 6.07) is 7.15. The lowest BCUT2D eigenvalue weighted by atomic mass is 10.1. The molecule has 0 unspecified atom stereocenters. The number of benzene rings is 1. The molecular weight excluding hydrogens is 324 g/mol. The summed E-state index contributed by atoms with van der Waals surface area (Å²) in [6.45, 7) is 0.270. The zero-order valence-electron chi connectivity index (χ0n) is 13.6. The number of aliphatic carboxylic acids is 1. The number of hydrogen-bond donors (Lipinski definition) is 2. The Kier molecular flexibility index (Phi) is 4.87. The molecule has 130 valence electrons. The topological polar surface area (TPSA) is 118 Å². The van der Waals surface area contributed by atoms with Crippen LogP contribution >= 0.6 is 0 Å². The maximum absolute atomic E-state index is 12.6. The van der Waals surface area contributed by atoms with Crippen LogP contribution in [0.4, 0.5) is 0 Å². The number of aromatic amines is 1. The lowest BCUT2D eigenvalue weighted by Gasteiger charge is -2.06. The first-order valence-corrected chi connectivity index (χ1v) is 8.17. The molecule has 2 aromatic heterocycles. The third-order valence-corrected chi connectivity index (χ3v) is 4.01. The van der Waals surface area contributed by atoms with Gasteiger partial charge in [0, 0.05) is 13.0 Å². The van der Waals surface area contributed by atoms with E-state index in [1.807, 2.05) is 12.1 Å². The third-order valence-electron chi connectivity index (χ3n) is 4.01. The number of carbonyl (C=O) groups is 1. The number of carboxylic acids is 1. The SMILES string of the molecule is O=C(O)CCCCCCn1c(=O)[nH]c2nc3ccccc3nc2c1=O. The van der Waals surface area contributed by atoms with Crippen molar-refractivity contribution in [1.29, 1.82) is 0 Å². The van der Waals surface area contributed by atoms with Gasteiger partial charge in [0.15, 0.2) is 11.2 Å². The molecule has 25 heavy (non-hydrogen) atoms. The van der Waals surface area contributed by atoms with Gasteiger partial charge in [0.2, 0.25) is 0 Å². The highest BCUT2D eigenvalue weighted by Gasteiger charge is 2.11. The third kappa shape index (κ3) is 3.73. The van der Waals surface area contributed by atoms with E-state index >= 15 is 0 Å². The summed E-state index contributed by atoms with van der Waals surface area (Å²) in [5.74, 6) is -0.812. The van der Waals surface area contributed by atoms with Gasteiger partial charge >= 0.3 is 11.7 Å². The fraction of sp³-hybridized carbons (Fsp3) is 0.353. The van der Waals surface area contributed by atoms with Crippen molar-refractivity contribution < 1.29 is 9.90 Å². The molecule has 0 aliphatic rings. The summed E-state index contributed by atoms with van der Waals surface area (Å²) < 4.78 is 1.13. The zero-order valence-corrected chi connectivity index (χ0v) is 13.6. The Morgan fingerprint density at radius 1 is 1.04 bits per heavy atom. The second kappa shape index (κ2) is 7.25. The van der Waals surface area contributed by atoms with Crippen LogP contribution in [0.3, 0.4) is 0 Å². The van der Waals surface area contributed by atoms with Gasteiger partial charge in [-0.3, -0.25) is 19.1 Å². The molecule has 0 spiro atoms. The minimum absolute atomic E-state index is 0.138. The number of nitrogens with one attached hydrogen (secondary N) is 1. The van der Waals surface area contributed by atoms with Gasteiger partial charge in [0.1, 0.15) is 0 Å². The molecule has 1 aromatic carbocycles. The fourth-order valence-electron chi connectivity index (χ4n) is 2.73. The van der Waals surface area contributed by atoms with E-state index in [2.05, 4.69) is 15.0 Å². The molecule has 0 aliphatic heterocycles. The molecule has 0 bridgehead atoms. The van der Waals surface area contributed by atoms with E-state index in [1.165, 1.54) is 0 Å². The van der Waals surface area contributed by atoms with E-state index in [0.29, 0.717) is 23.9 Å². The number of aromatic nitrogens is 4. The van der Waals surface area contributed by atoms with Gasteiger partial charge in [0.05, 0.1) is 11.0 Å². The van der Waals surface area contributed by atoms with Gasteiger partial charge in [0.25, 0.3) is 5.56 Å². The first-order chi connectivity index (χ1) is 12.1. The zero-order chi connectivity index (χ0) is 17.8. The van der Waals surface area contributed by atoms with E-state index in [0.717, 1.165) is 17.4 Å². The Hall–Kier alpha value is -3.03. The Morgan fingerprint density at radius 2 is 1.72 bits per heavy atom. The molecule has 3 aromatic rings. The Morgan fingerprint density at radius 3 is 2.44 bits per heavy atom. The van der Waals surface area contributed by atoms with Gasteiger partial charge in [-0.15, -0.1) is 0 Å². The van der Waals surface area contributed by atoms with Crippen molar-refractivity contribution in [2.24, 2.45) is 0 Å². The maximum atomic E-state index is 12.6. The fourth-order valence-corrected chi connectivity index (χ4v) is 2.73. The maximum Gasteiger partial charge on any atom is 0.330 e. The lowest BCUT2D eigenvalue weighted by Crippen LogP contribution is -2.35. The van der Waals surface area contributed by atoms with Gasteiger partial charge in [-0.1, -0.05) is 25.0 Å². The lowest BCUT2D eigenvalue weighted by molar-refractivity contribution is -0.137. The van der Waals surface area contributed by atoms with Crippen molar-refractivity contribution in [3.63, 3.8) is 0 Å². The van der Waals surface area contributed by atoms with Crippen molar-refractivity contribution in [1.82, 2.24) is 19.5 Å². The average molecular weight is 342 g/mol. The van der Waals surface area contributed by atoms with E-state index in [1.54, 1.807) is 12.1 Å². The molecule has 0 aliphatic carbocycles. The molecule has 2 N–H and O–H groups in total. The van der Waals surface area contributed by atoms with Gasteiger partial charge in [-0.25, -0.2) is 14.8 Å². The molecule has 0 fully saturated rings. The van der Waals surface area contributed by atoms with Crippen LogP contribution in [0.2, 0.25) is 0 Å². The molecule has 2 heterocycles. The van der Waals surface area contributed by atoms with E-state index in [9.17, 15) is 14.4 Å². The summed E-state index contributed by atoms with van der Waals surface area (Å²) in [6.07, 6.45) is 2.85. The number of carboxylic acid groups (broad SMARTS) is 1. The minimum atomic E-state index is -0.812. The number of fused-ring (bicyclic) bond motifs is 2. The van der Waals surface area contributed by atoms with Crippen LogP contribution in [-0.4, -0.2) is 30.6 Å². The predicted octanol–water partition coefficient (Wildman–Crippen LogP) is 1.67. The average Bonchev–Trinajstić information content (AvgIpc) is 2.58. The quantitative estimate of drug-likeness (QED) is 0.498. The number of nitrogens with zero attached hydrogens (tertiary/aromatic N) is 3. The highest BCUT2D eigenvalue weighted by molar-refractivity contribution is 5.83. The van der Waals surface area contributed by atoms with Crippen LogP contribution in [0.1, 0.15) is 32.1 Å². The minimum Gasteiger partial charge on any atom is -0.481 e. The van der Waals surface area contributed by atoms with Crippen molar-refractivity contribution in [3.8, 4) is 0 Å². The Balaban J connectivity index is 1.81. The van der Waals surface area contributed by atoms with E-state index in [-0.39, 0.29) is 24.1 Å². The van der Waals surface area contributed by atoms with Crippen molar-refractivity contribution in [2.45, 2.75) is 38.6 Å². The molecule has 0 amide bonds. The van der Waals surface area contributed by atoms with Crippen LogP contribution in [0, 0.1) is 0 Å².